The zero-order valence-corrected chi connectivity index (χ0v) is 19.0. The Morgan fingerprint density at radius 2 is 0.900 bits per heavy atom. The van der Waals surface area contributed by atoms with Crippen LogP contribution in [0.15, 0.2) is 107 Å². The Morgan fingerprint density at radius 1 is 0.533 bits per heavy atom. The summed E-state index contributed by atoms with van der Waals surface area (Å²) in [4.78, 5) is 2.73. The lowest BCUT2D eigenvalue weighted by atomic mass is 10.1. The molecule has 0 aromatic heterocycles. The minimum atomic E-state index is 0.552. The Hall–Kier alpha value is -2.42. The maximum absolute atomic E-state index is 2.40. The van der Waals surface area contributed by atoms with E-state index in [0.717, 1.165) is 0 Å². The molecule has 0 bridgehead atoms. The van der Waals surface area contributed by atoms with E-state index in [0.29, 0.717) is 10.5 Å². The van der Waals surface area contributed by atoms with Crippen molar-refractivity contribution in [1.29, 1.82) is 0 Å². The van der Waals surface area contributed by atoms with Gasteiger partial charge in [-0.3, -0.25) is 0 Å². The standard InChI is InChI=1S/C28H26S2/c1-21-11-15-23(16-12-21)7-3-5-9-25-19-27-28(29-25)20-26(30-27)10-6-4-8-24-17-13-22(2)14-18-24/h3-20,27-28H,1-2H3/b7-3+,8-4+,9-5+,10-6+. The van der Waals surface area contributed by atoms with Crippen molar-refractivity contribution in [3.63, 3.8) is 0 Å². The quantitative estimate of drug-likeness (QED) is 0.427. The molecule has 0 fully saturated rings. The van der Waals surface area contributed by atoms with E-state index < -0.39 is 0 Å². The molecule has 0 N–H and O–H groups in total. The Kier molecular flexibility index (Phi) is 6.99. The van der Waals surface area contributed by atoms with Crippen LogP contribution in [0.1, 0.15) is 22.3 Å². The fourth-order valence-corrected chi connectivity index (χ4v) is 6.04. The number of hydrogen-bond donors (Lipinski definition) is 0. The van der Waals surface area contributed by atoms with Gasteiger partial charge in [0, 0.05) is 20.3 Å². The van der Waals surface area contributed by atoms with Gasteiger partial charge in [-0.1, -0.05) is 108 Å². The Balaban J connectivity index is 1.26. The van der Waals surface area contributed by atoms with Crippen molar-refractivity contribution in [2.75, 3.05) is 0 Å². The number of rotatable bonds is 6. The van der Waals surface area contributed by atoms with Gasteiger partial charge in [-0.25, -0.2) is 0 Å². The zero-order chi connectivity index (χ0) is 20.8. The summed E-state index contributed by atoms with van der Waals surface area (Å²) in [6.07, 6.45) is 22.1. The molecule has 30 heavy (non-hydrogen) atoms. The second-order valence-electron chi connectivity index (χ2n) is 7.56. The largest absolute Gasteiger partial charge is 0.117 e. The molecule has 2 aromatic rings. The van der Waals surface area contributed by atoms with E-state index >= 15 is 0 Å². The van der Waals surface area contributed by atoms with Crippen LogP contribution in [0.2, 0.25) is 0 Å². The molecule has 2 aliphatic heterocycles. The van der Waals surface area contributed by atoms with Crippen LogP contribution in [0, 0.1) is 13.8 Å². The predicted octanol–water partition coefficient (Wildman–Crippen LogP) is 8.14. The van der Waals surface area contributed by atoms with Crippen LogP contribution in [0.25, 0.3) is 12.2 Å². The molecule has 150 valence electrons. The SMILES string of the molecule is Cc1ccc(/C=C/C=C/C2=CC3SC(/C=C/C=C/c4ccc(C)cc4)=CC3S2)cc1. The molecule has 4 rings (SSSR count). The molecule has 2 aromatic carbocycles. The van der Waals surface area contributed by atoms with Gasteiger partial charge in [0.15, 0.2) is 0 Å². The van der Waals surface area contributed by atoms with E-state index in [9.17, 15) is 0 Å². The van der Waals surface area contributed by atoms with Gasteiger partial charge in [-0.05, 0) is 37.1 Å². The lowest BCUT2D eigenvalue weighted by Gasteiger charge is -2.03. The van der Waals surface area contributed by atoms with Crippen LogP contribution in [0.4, 0.5) is 0 Å². The first-order chi connectivity index (χ1) is 14.7. The summed E-state index contributed by atoms with van der Waals surface area (Å²) < 4.78 is 0. The van der Waals surface area contributed by atoms with E-state index in [1.807, 2.05) is 23.5 Å². The van der Waals surface area contributed by atoms with Crippen molar-refractivity contribution < 1.29 is 0 Å². The number of thioether (sulfide) groups is 2. The summed E-state index contributed by atoms with van der Waals surface area (Å²) in [5.41, 5.74) is 5.07. The molecule has 0 nitrogen and oxygen atoms in total. The third-order valence-corrected chi connectivity index (χ3v) is 7.66. The van der Waals surface area contributed by atoms with Crippen LogP contribution in [0.5, 0.6) is 0 Å². The smallest absolute Gasteiger partial charge is 0.0446 e. The summed E-state index contributed by atoms with van der Waals surface area (Å²) in [5.74, 6) is 0. The van der Waals surface area contributed by atoms with E-state index in [-0.39, 0.29) is 0 Å². The van der Waals surface area contributed by atoms with Crippen LogP contribution >= 0.6 is 23.5 Å². The topological polar surface area (TPSA) is 0 Å². The third kappa shape index (κ3) is 5.81. The third-order valence-electron chi connectivity index (χ3n) is 5.00. The molecular weight excluding hydrogens is 400 g/mol. The molecule has 2 aliphatic rings. The molecule has 0 radical (unpaired) electrons. The lowest BCUT2D eigenvalue weighted by molar-refractivity contribution is 1.14. The molecule has 0 aliphatic carbocycles. The van der Waals surface area contributed by atoms with E-state index in [2.05, 4.69) is 123 Å². The van der Waals surface area contributed by atoms with Gasteiger partial charge in [0.1, 0.15) is 0 Å². The summed E-state index contributed by atoms with van der Waals surface area (Å²) >= 11 is 3.92. The number of fused-ring (bicyclic) bond motifs is 1. The van der Waals surface area contributed by atoms with Gasteiger partial charge in [-0.2, -0.15) is 0 Å². The van der Waals surface area contributed by atoms with Gasteiger partial charge in [0.05, 0.1) is 0 Å². The normalized spacial score (nSPS) is 21.3. The average molecular weight is 427 g/mol. The highest BCUT2D eigenvalue weighted by molar-refractivity contribution is 8.09. The van der Waals surface area contributed by atoms with Crippen molar-refractivity contribution in [3.05, 3.63) is 129 Å². The second-order valence-corrected chi connectivity index (χ2v) is 10.1. The lowest BCUT2D eigenvalue weighted by Crippen LogP contribution is -2.04. The highest BCUT2D eigenvalue weighted by Crippen LogP contribution is 2.48. The van der Waals surface area contributed by atoms with Gasteiger partial charge in [-0.15, -0.1) is 23.5 Å². The van der Waals surface area contributed by atoms with Crippen molar-refractivity contribution in [2.24, 2.45) is 0 Å². The first kappa shape index (κ1) is 20.8. The Morgan fingerprint density at radius 3 is 1.30 bits per heavy atom. The summed E-state index contributed by atoms with van der Waals surface area (Å²) in [6.45, 7) is 4.23. The molecule has 0 saturated carbocycles. The monoisotopic (exact) mass is 426 g/mol. The van der Waals surface area contributed by atoms with Gasteiger partial charge < -0.3 is 0 Å². The molecule has 2 heterocycles. The van der Waals surface area contributed by atoms with Gasteiger partial charge in [0.25, 0.3) is 0 Å². The van der Waals surface area contributed by atoms with Crippen LogP contribution < -0.4 is 0 Å². The average Bonchev–Trinajstić information content (AvgIpc) is 3.29. The van der Waals surface area contributed by atoms with Crippen LogP contribution in [-0.4, -0.2) is 10.5 Å². The van der Waals surface area contributed by atoms with Crippen molar-refractivity contribution in [2.45, 2.75) is 24.3 Å². The first-order valence-electron chi connectivity index (χ1n) is 10.3. The molecular formula is C28H26S2. The Labute approximate surface area is 188 Å². The fraction of sp³-hybridized carbons (Fsp3) is 0.143. The minimum Gasteiger partial charge on any atom is -0.117 e. The van der Waals surface area contributed by atoms with Crippen molar-refractivity contribution in [3.8, 4) is 0 Å². The predicted molar refractivity (Wildman–Crippen MR) is 138 cm³/mol. The number of allylic oxidation sites excluding steroid dienone is 6. The summed E-state index contributed by atoms with van der Waals surface area (Å²) in [6, 6.07) is 17.2. The maximum atomic E-state index is 2.40. The number of aryl methyl sites for hydroxylation is 2. The Bertz CT molecular complexity index is 957. The van der Waals surface area contributed by atoms with E-state index in [1.54, 1.807) is 0 Å². The molecule has 0 saturated heterocycles. The first-order valence-corrected chi connectivity index (χ1v) is 12.0. The minimum absolute atomic E-state index is 0.552. The number of hydrogen-bond acceptors (Lipinski definition) is 2. The van der Waals surface area contributed by atoms with Crippen molar-refractivity contribution >= 4 is 35.7 Å². The van der Waals surface area contributed by atoms with Crippen LogP contribution in [-0.2, 0) is 0 Å². The maximum Gasteiger partial charge on any atom is 0.0446 e. The highest BCUT2D eigenvalue weighted by atomic mass is 32.2. The van der Waals surface area contributed by atoms with Gasteiger partial charge >= 0.3 is 0 Å². The van der Waals surface area contributed by atoms with Crippen molar-refractivity contribution in [1.82, 2.24) is 0 Å². The molecule has 2 heteroatoms. The highest BCUT2D eigenvalue weighted by Gasteiger charge is 2.31. The van der Waals surface area contributed by atoms with Gasteiger partial charge in [0.2, 0.25) is 0 Å². The zero-order valence-electron chi connectivity index (χ0n) is 17.4. The molecule has 0 amide bonds. The molecule has 2 unspecified atom stereocenters. The molecule has 0 spiro atoms. The number of benzene rings is 2. The molecule has 2 atom stereocenters. The fourth-order valence-electron chi connectivity index (χ4n) is 3.29. The summed E-state index contributed by atoms with van der Waals surface area (Å²) in [5, 5.41) is 1.10. The second kappa shape index (κ2) is 10.1. The van der Waals surface area contributed by atoms with E-state index in [1.165, 1.54) is 32.1 Å². The van der Waals surface area contributed by atoms with E-state index in [4.69, 9.17) is 0 Å². The summed E-state index contributed by atoms with van der Waals surface area (Å²) in [7, 11) is 0. The van der Waals surface area contributed by atoms with Crippen LogP contribution in [0.3, 0.4) is 0 Å².